The van der Waals surface area contributed by atoms with Crippen LogP contribution < -0.4 is 5.32 Å². The Morgan fingerprint density at radius 2 is 2.12 bits per heavy atom. The van der Waals surface area contributed by atoms with Crippen molar-refractivity contribution in [2.45, 2.75) is 19.4 Å². The first-order valence-corrected chi connectivity index (χ1v) is 6.44. The van der Waals surface area contributed by atoms with Crippen molar-refractivity contribution in [1.29, 1.82) is 0 Å². The molecule has 1 unspecified atom stereocenters. The molecule has 0 saturated heterocycles. The molecule has 0 spiro atoms. The summed E-state index contributed by atoms with van der Waals surface area (Å²) in [5.74, 6) is 0. The molecule has 16 heavy (non-hydrogen) atoms. The van der Waals surface area contributed by atoms with Gasteiger partial charge in [-0.1, -0.05) is 37.3 Å². The number of hydrogen-bond donors (Lipinski definition) is 1. The lowest BCUT2D eigenvalue weighted by Gasteiger charge is -2.17. The van der Waals surface area contributed by atoms with Crippen LogP contribution in [0.2, 0.25) is 0 Å². The highest BCUT2D eigenvalue weighted by molar-refractivity contribution is 7.09. The van der Waals surface area contributed by atoms with Crippen molar-refractivity contribution in [2.75, 3.05) is 6.54 Å². The third-order valence-electron chi connectivity index (χ3n) is 2.54. The van der Waals surface area contributed by atoms with Gasteiger partial charge in [-0.05, 0) is 12.1 Å². The van der Waals surface area contributed by atoms with Crippen molar-refractivity contribution in [3.63, 3.8) is 0 Å². The van der Waals surface area contributed by atoms with Crippen LogP contribution in [-0.2, 0) is 6.42 Å². The number of likely N-dealkylation sites (N-methyl/N-ethyl adjacent to an activating group) is 1. The Morgan fingerprint density at radius 1 is 1.31 bits per heavy atom. The molecule has 1 N–H and O–H groups in total. The Hall–Kier alpha value is -1.19. The first-order valence-electron chi connectivity index (χ1n) is 5.56. The zero-order valence-corrected chi connectivity index (χ0v) is 10.2. The molecular formula is C13H16N2S. The summed E-state index contributed by atoms with van der Waals surface area (Å²) in [5, 5.41) is 3.52. The summed E-state index contributed by atoms with van der Waals surface area (Å²) >= 11 is 1.72. The van der Waals surface area contributed by atoms with Gasteiger partial charge in [0.1, 0.15) is 0 Å². The van der Waals surface area contributed by atoms with Crippen LogP contribution in [0.4, 0.5) is 0 Å². The summed E-state index contributed by atoms with van der Waals surface area (Å²) in [6.45, 7) is 3.13. The molecule has 0 aliphatic carbocycles. The lowest BCUT2D eigenvalue weighted by atomic mass is 10.0. The molecule has 0 bridgehead atoms. The molecule has 0 aliphatic rings. The van der Waals surface area contributed by atoms with E-state index in [4.69, 9.17) is 0 Å². The van der Waals surface area contributed by atoms with Crippen LogP contribution in [0.5, 0.6) is 0 Å². The second-order valence-corrected chi connectivity index (χ2v) is 4.66. The average molecular weight is 232 g/mol. The van der Waals surface area contributed by atoms with Crippen molar-refractivity contribution in [3.05, 3.63) is 52.5 Å². The van der Waals surface area contributed by atoms with Gasteiger partial charge in [0, 0.05) is 23.5 Å². The molecular weight excluding hydrogens is 216 g/mol. The fourth-order valence-corrected chi connectivity index (χ4v) is 2.43. The SMILES string of the molecule is CCNC(Cc1cncs1)c1ccccc1. The van der Waals surface area contributed by atoms with Gasteiger partial charge < -0.3 is 5.32 Å². The second kappa shape index (κ2) is 5.77. The average Bonchev–Trinajstić information content (AvgIpc) is 2.83. The van der Waals surface area contributed by atoms with Crippen LogP contribution in [0.1, 0.15) is 23.4 Å². The van der Waals surface area contributed by atoms with Crippen LogP contribution in [0, 0.1) is 0 Å². The molecule has 1 atom stereocenters. The van der Waals surface area contributed by atoms with Crippen molar-refractivity contribution in [2.24, 2.45) is 0 Å². The largest absolute Gasteiger partial charge is 0.310 e. The molecule has 2 aromatic rings. The highest BCUT2D eigenvalue weighted by atomic mass is 32.1. The molecule has 1 heterocycles. The van der Waals surface area contributed by atoms with Crippen molar-refractivity contribution < 1.29 is 0 Å². The van der Waals surface area contributed by atoms with Gasteiger partial charge in [0.25, 0.3) is 0 Å². The van der Waals surface area contributed by atoms with Gasteiger partial charge in [-0.15, -0.1) is 11.3 Å². The van der Waals surface area contributed by atoms with Crippen molar-refractivity contribution >= 4 is 11.3 Å². The van der Waals surface area contributed by atoms with Gasteiger partial charge in [-0.25, -0.2) is 0 Å². The van der Waals surface area contributed by atoms with Gasteiger partial charge in [0.15, 0.2) is 0 Å². The number of benzene rings is 1. The molecule has 0 amide bonds. The number of hydrogen-bond acceptors (Lipinski definition) is 3. The Bertz CT molecular complexity index is 397. The number of aromatic nitrogens is 1. The summed E-state index contributed by atoms with van der Waals surface area (Å²) in [5.41, 5.74) is 3.24. The Morgan fingerprint density at radius 3 is 2.75 bits per heavy atom. The maximum absolute atomic E-state index is 4.12. The number of nitrogens with zero attached hydrogens (tertiary/aromatic N) is 1. The van der Waals surface area contributed by atoms with Gasteiger partial charge in [0.2, 0.25) is 0 Å². The summed E-state index contributed by atoms with van der Waals surface area (Å²) in [4.78, 5) is 5.45. The molecule has 2 nitrogen and oxygen atoms in total. The lowest BCUT2D eigenvalue weighted by molar-refractivity contribution is 0.553. The van der Waals surface area contributed by atoms with Gasteiger partial charge >= 0.3 is 0 Å². The number of rotatable bonds is 5. The quantitative estimate of drug-likeness (QED) is 0.857. The molecule has 0 aliphatic heterocycles. The molecule has 0 fully saturated rings. The van der Waals surface area contributed by atoms with Gasteiger partial charge in [-0.3, -0.25) is 4.98 Å². The highest BCUT2D eigenvalue weighted by Crippen LogP contribution is 2.19. The molecule has 84 valence electrons. The molecule has 0 saturated carbocycles. The lowest BCUT2D eigenvalue weighted by Crippen LogP contribution is -2.22. The van der Waals surface area contributed by atoms with E-state index < -0.39 is 0 Å². The fraction of sp³-hybridized carbons (Fsp3) is 0.308. The van der Waals surface area contributed by atoms with Crippen molar-refractivity contribution in [3.8, 4) is 0 Å². The predicted octanol–water partition coefficient (Wildman–Crippen LogP) is 3.04. The molecule has 1 aromatic heterocycles. The topological polar surface area (TPSA) is 24.9 Å². The number of thiazole rings is 1. The van der Waals surface area contributed by atoms with Gasteiger partial charge in [0.05, 0.1) is 5.51 Å². The maximum atomic E-state index is 4.12. The Kier molecular flexibility index (Phi) is 4.08. The van der Waals surface area contributed by atoms with E-state index >= 15 is 0 Å². The Balaban J connectivity index is 2.11. The van der Waals surface area contributed by atoms with Gasteiger partial charge in [-0.2, -0.15) is 0 Å². The standard InChI is InChI=1S/C13H16N2S/c1-2-15-13(8-12-9-14-10-16-12)11-6-4-3-5-7-11/h3-7,9-10,13,15H,2,8H2,1H3. The van der Waals surface area contributed by atoms with Crippen LogP contribution >= 0.6 is 11.3 Å². The normalized spacial score (nSPS) is 12.6. The van der Waals surface area contributed by atoms with E-state index in [9.17, 15) is 0 Å². The summed E-state index contributed by atoms with van der Waals surface area (Å²) < 4.78 is 0. The zero-order chi connectivity index (χ0) is 11.2. The minimum absolute atomic E-state index is 0.395. The summed E-state index contributed by atoms with van der Waals surface area (Å²) in [6.07, 6.45) is 2.97. The molecule has 1 aromatic carbocycles. The van der Waals surface area contributed by atoms with Crippen molar-refractivity contribution in [1.82, 2.24) is 10.3 Å². The van der Waals surface area contributed by atoms with Crippen LogP contribution in [0.25, 0.3) is 0 Å². The second-order valence-electron chi connectivity index (χ2n) is 3.69. The van der Waals surface area contributed by atoms with Crippen LogP contribution in [0.15, 0.2) is 42.0 Å². The fourth-order valence-electron chi connectivity index (χ4n) is 1.78. The van der Waals surface area contributed by atoms with E-state index in [0.29, 0.717) is 6.04 Å². The first-order chi connectivity index (χ1) is 7.90. The minimum Gasteiger partial charge on any atom is -0.310 e. The maximum Gasteiger partial charge on any atom is 0.0794 e. The summed E-state index contributed by atoms with van der Waals surface area (Å²) in [6, 6.07) is 11.0. The minimum atomic E-state index is 0.395. The van der Waals surface area contributed by atoms with E-state index in [-0.39, 0.29) is 0 Å². The van der Waals surface area contributed by atoms with E-state index in [2.05, 4.69) is 47.6 Å². The molecule has 0 radical (unpaired) electrons. The zero-order valence-electron chi connectivity index (χ0n) is 9.39. The van der Waals surface area contributed by atoms with Crippen LogP contribution in [0.3, 0.4) is 0 Å². The third kappa shape index (κ3) is 2.90. The first kappa shape index (κ1) is 11.3. The van der Waals surface area contributed by atoms with E-state index in [1.807, 2.05) is 11.7 Å². The smallest absolute Gasteiger partial charge is 0.0794 e. The van der Waals surface area contributed by atoms with E-state index in [0.717, 1.165) is 13.0 Å². The van der Waals surface area contributed by atoms with Crippen LogP contribution in [-0.4, -0.2) is 11.5 Å². The van der Waals surface area contributed by atoms with E-state index in [1.165, 1.54) is 10.4 Å². The third-order valence-corrected chi connectivity index (χ3v) is 3.34. The summed E-state index contributed by atoms with van der Waals surface area (Å²) in [7, 11) is 0. The highest BCUT2D eigenvalue weighted by Gasteiger charge is 2.11. The predicted molar refractivity (Wildman–Crippen MR) is 68.7 cm³/mol. The monoisotopic (exact) mass is 232 g/mol. The van der Waals surface area contributed by atoms with E-state index in [1.54, 1.807) is 11.3 Å². The Labute approximate surface area is 100 Å². The molecule has 2 rings (SSSR count). The molecule has 3 heteroatoms. The number of nitrogens with one attached hydrogen (secondary N) is 1.